The van der Waals surface area contributed by atoms with Crippen LogP contribution in [-0.2, 0) is 22.6 Å². The molecule has 0 saturated heterocycles. The Morgan fingerprint density at radius 1 is 1.19 bits per heavy atom. The smallest absolute Gasteiger partial charge is 0.221 e. The van der Waals surface area contributed by atoms with Crippen molar-refractivity contribution in [3.05, 3.63) is 46.2 Å². The zero-order valence-corrected chi connectivity index (χ0v) is 12.5. The fourth-order valence-electron chi connectivity index (χ4n) is 1.99. The first kappa shape index (κ1) is 15.1. The minimum Gasteiger partial charge on any atom is -0.380 e. The Bertz CT molecular complexity index is 652. The van der Waals surface area contributed by atoms with Crippen LogP contribution in [0.2, 0.25) is 0 Å². The van der Waals surface area contributed by atoms with Gasteiger partial charge in [0.1, 0.15) is 0 Å². The fourth-order valence-corrected chi connectivity index (χ4v) is 2.76. The molecule has 2 aromatic rings. The van der Waals surface area contributed by atoms with Gasteiger partial charge in [-0.3, -0.25) is 9.59 Å². The molecule has 0 bridgehead atoms. The van der Waals surface area contributed by atoms with Gasteiger partial charge in [0.2, 0.25) is 11.8 Å². The number of amides is 2. The normalized spacial score (nSPS) is 10.1. The van der Waals surface area contributed by atoms with E-state index in [-0.39, 0.29) is 18.2 Å². The van der Waals surface area contributed by atoms with Gasteiger partial charge in [-0.15, -0.1) is 11.3 Å². The first-order valence-electron chi connectivity index (χ1n) is 6.50. The molecule has 0 unspecified atom stereocenters. The van der Waals surface area contributed by atoms with Crippen molar-refractivity contribution in [3.8, 4) is 0 Å². The molecule has 0 aliphatic rings. The van der Waals surface area contributed by atoms with Crippen LogP contribution in [0, 0.1) is 0 Å². The maximum atomic E-state index is 11.1. The van der Waals surface area contributed by atoms with Gasteiger partial charge in [0.25, 0.3) is 0 Å². The summed E-state index contributed by atoms with van der Waals surface area (Å²) in [5, 5.41) is 8.01. The lowest BCUT2D eigenvalue weighted by molar-refractivity contribution is -0.117. The highest BCUT2D eigenvalue weighted by atomic mass is 32.1. The molecule has 0 radical (unpaired) electrons. The number of anilines is 2. The predicted molar refractivity (Wildman–Crippen MR) is 85.3 cm³/mol. The van der Waals surface area contributed by atoms with Crippen LogP contribution in [0.3, 0.4) is 0 Å². The van der Waals surface area contributed by atoms with E-state index in [9.17, 15) is 9.59 Å². The van der Waals surface area contributed by atoms with E-state index in [4.69, 9.17) is 5.73 Å². The van der Waals surface area contributed by atoms with Crippen molar-refractivity contribution in [3.63, 3.8) is 0 Å². The summed E-state index contributed by atoms with van der Waals surface area (Å²) in [5.41, 5.74) is 7.80. The third kappa shape index (κ3) is 4.32. The third-order valence-electron chi connectivity index (χ3n) is 2.88. The van der Waals surface area contributed by atoms with E-state index in [1.54, 1.807) is 11.3 Å². The molecule has 4 N–H and O–H groups in total. The monoisotopic (exact) mass is 303 g/mol. The second-order valence-corrected chi connectivity index (χ2v) is 5.59. The number of hydrogen-bond donors (Lipinski definition) is 3. The van der Waals surface area contributed by atoms with E-state index in [2.05, 4.69) is 10.6 Å². The number of benzene rings is 1. The first-order valence-corrected chi connectivity index (χ1v) is 7.38. The summed E-state index contributed by atoms with van der Waals surface area (Å²) in [6, 6.07) is 9.42. The second-order valence-electron chi connectivity index (χ2n) is 4.59. The van der Waals surface area contributed by atoms with Crippen LogP contribution in [-0.4, -0.2) is 11.8 Å². The minimum absolute atomic E-state index is 0.0937. The summed E-state index contributed by atoms with van der Waals surface area (Å²) < 4.78 is 0. The van der Waals surface area contributed by atoms with Gasteiger partial charge in [0.15, 0.2) is 0 Å². The summed E-state index contributed by atoms with van der Waals surface area (Å²) >= 11 is 1.56. The molecule has 1 heterocycles. The number of nitrogens with two attached hydrogens (primary N) is 1. The van der Waals surface area contributed by atoms with E-state index < -0.39 is 0 Å². The summed E-state index contributed by atoms with van der Waals surface area (Å²) in [7, 11) is 0. The average molecular weight is 303 g/mol. The number of rotatable bonds is 6. The minimum atomic E-state index is -0.362. The van der Waals surface area contributed by atoms with Crippen molar-refractivity contribution < 1.29 is 9.59 Å². The van der Waals surface area contributed by atoms with Crippen molar-refractivity contribution in [2.24, 2.45) is 5.73 Å². The maximum absolute atomic E-state index is 11.1. The highest BCUT2D eigenvalue weighted by Crippen LogP contribution is 2.24. The molecule has 6 heteroatoms. The number of primary amides is 1. The number of carbonyl (C=O) groups excluding carboxylic acids is 2. The zero-order valence-electron chi connectivity index (χ0n) is 11.7. The lowest BCUT2D eigenvalue weighted by atomic mass is 10.1. The van der Waals surface area contributed by atoms with Crippen LogP contribution in [0.5, 0.6) is 0 Å². The molecule has 1 aromatic carbocycles. The topological polar surface area (TPSA) is 84.2 Å². The molecule has 0 spiro atoms. The molecule has 5 nitrogen and oxygen atoms in total. The molecular weight excluding hydrogens is 286 g/mol. The number of hydrogen-bond acceptors (Lipinski definition) is 4. The Morgan fingerprint density at radius 3 is 2.67 bits per heavy atom. The van der Waals surface area contributed by atoms with Gasteiger partial charge < -0.3 is 16.4 Å². The largest absolute Gasteiger partial charge is 0.380 e. The van der Waals surface area contributed by atoms with Gasteiger partial charge in [0, 0.05) is 17.5 Å². The summed E-state index contributed by atoms with van der Waals surface area (Å²) in [4.78, 5) is 23.2. The predicted octanol–water partition coefficient (Wildman–Crippen LogP) is 2.35. The molecule has 2 rings (SSSR count). The summed E-state index contributed by atoms with van der Waals surface area (Å²) in [6.07, 6.45) is 0.201. The van der Waals surface area contributed by atoms with Crippen LogP contribution in [0.1, 0.15) is 17.4 Å². The van der Waals surface area contributed by atoms with Crippen molar-refractivity contribution in [2.75, 3.05) is 10.6 Å². The van der Waals surface area contributed by atoms with Crippen LogP contribution < -0.4 is 16.4 Å². The van der Waals surface area contributed by atoms with Crippen LogP contribution in [0.25, 0.3) is 0 Å². The van der Waals surface area contributed by atoms with Gasteiger partial charge in [-0.1, -0.05) is 18.2 Å². The number of para-hydroxylation sites is 1. The Labute approximate surface area is 127 Å². The standard InChI is InChI=1S/C15H17N3O2S/c1-10(19)18-13-6-7-21-14(13)9-17-12-5-3-2-4-11(12)8-15(16)20/h2-7,17H,8-9H2,1H3,(H2,16,20)(H,18,19). The highest BCUT2D eigenvalue weighted by molar-refractivity contribution is 7.10. The van der Waals surface area contributed by atoms with Crippen molar-refractivity contribution in [1.82, 2.24) is 0 Å². The molecule has 0 aliphatic heterocycles. The fraction of sp³-hybridized carbons (Fsp3) is 0.200. The van der Waals surface area contributed by atoms with E-state index >= 15 is 0 Å². The van der Waals surface area contributed by atoms with Gasteiger partial charge in [-0.25, -0.2) is 0 Å². The van der Waals surface area contributed by atoms with Crippen molar-refractivity contribution >= 4 is 34.5 Å². The van der Waals surface area contributed by atoms with Gasteiger partial charge >= 0.3 is 0 Å². The Hall–Kier alpha value is -2.34. The molecule has 110 valence electrons. The SMILES string of the molecule is CC(=O)Nc1ccsc1CNc1ccccc1CC(N)=O. The lowest BCUT2D eigenvalue weighted by Gasteiger charge is -2.11. The number of thiophene rings is 1. The summed E-state index contributed by atoms with van der Waals surface area (Å²) in [6.45, 7) is 2.06. The van der Waals surface area contributed by atoms with E-state index in [0.717, 1.165) is 21.8 Å². The van der Waals surface area contributed by atoms with Crippen LogP contribution >= 0.6 is 11.3 Å². The summed E-state index contributed by atoms with van der Waals surface area (Å²) in [5.74, 6) is -0.455. The average Bonchev–Trinajstić information content (AvgIpc) is 2.83. The quantitative estimate of drug-likeness (QED) is 0.766. The van der Waals surface area contributed by atoms with Crippen LogP contribution in [0.4, 0.5) is 11.4 Å². The van der Waals surface area contributed by atoms with Crippen LogP contribution in [0.15, 0.2) is 35.7 Å². The molecule has 1 aromatic heterocycles. The first-order chi connectivity index (χ1) is 10.1. The number of carbonyl (C=O) groups is 2. The molecule has 0 atom stereocenters. The number of nitrogens with one attached hydrogen (secondary N) is 2. The Morgan fingerprint density at radius 2 is 1.95 bits per heavy atom. The third-order valence-corrected chi connectivity index (χ3v) is 3.80. The molecule has 0 fully saturated rings. The molecule has 21 heavy (non-hydrogen) atoms. The van der Waals surface area contributed by atoms with Crippen molar-refractivity contribution in [1.29, 1.82) is 0 Å². The molecular formula is C15H17N3O2S. The Kier molecular flexibility index (Phi) is 4.94. The highest BCUT2D eigenvalue weighted by Gasteiger charge is 2.08. The van der Waals surface area contributed by atoms with Gasteiger partial charge in [-0.05, 0) is 23.1 Å². The second kappa shape index (κ2) is 6.90. The van der Waals surface area contributed by atoms with Gasteiger partial charge in [0.05, 0.1) is 18.7 Å². The maximum Gasteiger partial charge on any atom is 0.221 e. The Balaban J connectivity index is 2.08. The molecule has 0 saturated carbocycles. The van der Waals surface area contributed by atoms with E-state index in [1.807, 2.05) is 35.7 Å². The lowest BCUT2D eigenvalue weighted by Crippen LogP contribution is -2.15. The van der Waals surface area contributed by atoms with Gasteiger partial charge in [-0.2, -0.15) is 0 Å². The zero-order chi connectivity index (χ0) is 15.2. The molecule has 0 aliphatic carbocycles. The molecule has 2 amide bonds. The van der Waals surface area contributed by atoms with E-state index in [1.165, 1.54) is 6.92 Å². The van der Waals surface area contributed by atoms with E-state index in [0.29, 0.717) is 6.54 Å². The van der Waals surface area contributed by atoms with Crippen molar-refractivity contribution in [2.45, 2.75) is 19.9 Å².